The predicted octanol–water partition coefficient (Wildman–Crippen LogP) is 4.80. The maximum absolute atomic E-state index is 12.4. The third-order valence-corrected chi connectivity index (χ3v) is 4.01. The first kappa shape index (κ1) is 18.5. The van der Waals surface area contributed by atoms with Crippen molar-refractivity contribution in [2.75, 3.05) is 17.2 Å². The van der Waals surface area contributed by atoms with Crippen molar-refractivity contribution in [1.82, 2.24) is 9.97 Å². The van der Waals surface area contributed by atoms with E-state index in [-0.39, 0.29) is 5.91 Å². The molecule has 0 aliphatic carbocycles. The molecule has 0 unspecified atom stereocenters. The number of aryl methyl sites for hydroxylation is 1. The third-order valence-electron chi connectivity index (χ3n) is 3.28. The maximum atomic E-state index is 12.4. The minimum Gasteiger partial charge on any atom is -0.370 e. The Morgan fingerprint density at radius 3 is 2.58 bits per heavy atom. The fourth-order valence-corrected chi connectivity index (χ4v) is 2.33. The van der Waals surface area contributed by atoms with Gasteiger partial charge in [-0.3, -0.25) is 4.79 Å². The molecular weight excluding hydrogens is 347 g/mol. The fraction of sp³-hybridized carbons (Fsp3) is 0.353. The lowest BCUT2D eigenvalue weighted by Crippen LogP contribution is -2.16. The molecule has 5 nitrogen and oxygen atoms in total. The number of rotatable bonds is 6. The van der Waals surface area contributed by atoms with Gasteiger partial charge in [0, 0.05) is 18.3 Å². The van der Waals surface area contributed by atoms with Crippen LogP contribution >= 0.6 is 23.2 Å². The molecule has 7 heteroatoms. The van der Waals surface area contributed by atoms with E-state index >= 15 is 0 Å². The maximum Gasteiger partial charge on any atom is 0.274 e. The van der Waals surface area contributed by atoms with Crippen LogP contribution in [0, 0.1) is 12.8 Å². The molecular formula is C17H20Cl2N4O. The molecule has 24 heavy (non-hydrogen) atoms. The molecule has 0 aliphatic rings. The van der Waals surface area contributed by atoms with Crippen LogP contribution in [-0.4, -0.2) is 22.4 Å². The molecule has 0 saturated carbocycles. The summed E-state index contributed by atoms with van der Waals surface area (Å²) < 4.78 is 0. The van der Waals surface area contributed by atoms with Gasteiger partial charge in [-0.1, -0.05) is 37.0 Å². The van der Waals surface area contributed by atoms with Crippen LogP contribution in [-0.2, 0) is 0 Å². The van der Waals surface area contributed by atoms with Crippen LogP contribution in [0.15, 0.2) is 24.3 Å². The summed E-state index contributed by atoms with van der Waals surface area (Å²) in [5.74, 6) is 1.44. The lowest BCUT2D eigenvalue weighted by molar-refractivity contribution is 0.102. The molecule has 2 N–H and O–H groups in total. The van der Waals surface area contributed by atoms with Gasteiger partial charge in [-0.25, -0.2) is 9.97 Å². The molecule has 2 aromatic rings. The van der Waals surface area contributed by atoms with Crippen LogP contribution in [0.25, 0.3) is 0 Å². The molecule has 0 bridgehead atoms. The number of anilines is 2. The second-order valence-corrected chi connectivity index (χ2v) is 6.69. The number of hydrogen-bond acceptors (Lipinski definition) is 4. The zero-order valence-electron chi connectivity index (χ0n) is 13.9. The standard InChI is InChI=1S/C17H20Cl2N4O/c1-10(2)6-7-20-16-9-15(21-11(3)22-16)17(24)23-12-4-5-13(18)14(19)8-12/h4-5,8-10H,6-7H2,1-3H3,(H,23,24)(H,20,21,22). The number of carbonyl (C=O) groups is 1. The van der Waals surface area contributed by atoms with Gasteiger partial charge >= 0.3 is 0 Å². The van der Waals surface area contributed by atoms with Crippen molar-refractivity contribution in [2.45, 2.75) is 27.2 Å². The monoisotopic (exact) mass is 366 g/mol. The van der Waals surface area contributed by atoms with Gasteiger partial charge in [0.1, 0.15) is 17.3 Å². The first-order chi connectivity index (χ1) is 11.3. The van der Waals surface area contributed by atoms with Crippen LogP contribution in [0.5, 0.6) is 0 Å². The summed E-state index contributed by atoms with van der Waals surface area (Å²) in [6.45, 7) is 6.86. The summed E-state index contributed by atoms with van der Waals surface area (Å²) in [5, 5.41) is 6.79. The highest BCUT2D eigenvalue weighted by Crippen LogP contribution is 2.25. The van der Waals surface area contributed by atoms with Crippen molar-refractivity contribution in [2.24, 2.45) is 5.92 Å². The van der Waals surface area contributed by atoms with E-state index < -0.39 is 0 Å². The van der Waals surface area contributed by atoms with Gasteiger partial charge < -0.3 is 10.6 Å². The van der Waals surface area contributed by atoms with Crippen molar-refractivity contribution in [1.29, 1.82) is 0 Å². The summed E-state index contributed by atoms with van der Waals surface area (Å²) in [6.07, 6.45) is 1.02. The number of amides is 1. The summed E-state index contributed by atoms with van der Waals surface area (Å²) in [7, 11) is 0. The van der Waals surface area contributed by atoms with Crippen molar-refractivity contribution < 1.29 is 4.79 Å². The Kier molecular flexibility index (Phi) is 6.40. The van der Waals surface area contributed by atoms with E-state index in [2.05, 4.69) is 34.4 Å². The average molecular weight is 367 g/mol. The normalized spacial score (nSPS) is 10.8. The molecule has 0 atom stereocenters. The van der Waals surface area contributed by atoms with Gasteiger partial charge in [0.25, 0.3) is 5.91 Å². The number of nitrogens with one attached hydrogen (secondary N) is 2. The van der Waals surface area contributed by atoms with Crippen LogP contribution in [0.1, 0.15) is 36.6 Å². The second-order valence-electron chi connectivity index (χ2n) is 5.88. The highest BCUT2D eigenvalue weighted by atomic mass is 35.5. The summed E-state index contributed by atoms with van der Waals surface area (Å²) in [6, 6.07) is 6.55. The Labute approximate surface area is 151 Å². The molecule has 1 aromatic heterocycles. The van der Waals surface area contributed by atoms with Crippen molar-refractivity contribution >= 4 is 40.6 Å². The molecule has 0 spiro atoms. The minimum atomic E-state index is -0.328. The fourth-order valence-electron chi connectivity index (χ4n) is 2.03. The molecule has 0 saturated heterocycles. The van der Waals surface area contributed by atoms with Gasteiger partial charge in [-0.2, -0.15) is 0 Å². The summed E-state index contributed by atoms with van der Waals surface area (Å²) >= 11 is 11.8. The number of benzene rings is 1. The number of halogens is 2. The highest BCUT2D eigenvalue weighted by molar-refractivity contribution is 6.42. The van der Waals surface area contributed by atoms with Crippen LogP contribution < -0.4 is 10.6 Å². The molecule has 1 aromatic carbocycles. The molecule has 2 rings (SSSR count). The van der Waals surface area contributed by atoms with E-state index in [4.69, 9.17) is 23.2 Å². The van der Waals surface area contributed by atoms with E-state index in [1.165, 1.54) is 0 Å². The van der Waals surface area contributed by atoms with E-state index in [1.54, 1.807) is 31.2 Å². The largest absolute Gasteiger partial charge is 0.370 e. The van der Waals surface area contributed by atoms with Crippen molar-refractivity contribution in [3.05, 3.63) is 45.8 Å². The zero-order chi connectivity index (χ0) is 17.7. The van der Waals surface area contributed by atoms with Gasteiger partial charge in [0.2, 0.25) is 0 Å². The van der Waals surface area contributed by atoms with E-state index in [0.29, 0.717) is 39.0 Å². The van der Waals surface area contributed by atoms with Crippen LogP contribution in [0.2, 0.25) is 10.0 Å². The molecule has 0 aliphatic heterocycles. The van der Waals surface area contributed by atoms with E-state index in [1.807, 2.05) is 0 Å². The highest BCUT2D eigenvalue weighted by Gasteiger charge is 2.12. The number of hydrogen-bond donors (Lipinski definition) is 2. The molecule has 1 amide bonds. The SMILES string of the molecule is Cc1nc(NCCC(C)C)cc(C(=O)Nc2ccc(Cl)c(Cl)c2)n1. The topological polar surface area (TPSA) is 66.9 Å². The molecule has 128 valence electrons. The van der Waals surface area contributed by atoms with Crippen LogP contribution in [0.4, 0.5) is 11.5 Å². The molecule has 0 radical (unpaired) electrons. The van der Waals surface area contributed by atoms with Gasteiger partial charge in [-0.05, 0) is 37.5 Å². The Morgan fingerprint density at radius 2 is 1.92 bits per heavy atom. The first-order valence-electron chi connectivity index (χ1n) is 7.71. The Morgan fingerprint density at radius 1 is 1.17 bits per heavy atom. The van der Waals surface area contributed by atoms with Crippen molar-refractivity contribution in [3.8, 4) is 0 Å². The number of carbonyl (C=O) groups excluding carboxylic acids is 1. The van der Waals surface area contributed by atoms with E-state index in [9.17, 15) is 4.79 Å². The van der Waals surface area contributed by atoms with E-state index in [0.717, 1.165) is 13.0 Å². The smallest absolute Gasteiger partial charge is 0.274 e. The number of aromatic nitrogens is 2. The lowest BCUT2D eigenvalue weighted by atomic mass is 10.1. The second kappa shape index (κ2) is 8.31. The zero-order valence-corrected chi connectivity index (χ0v) is 15.4. The first-order valence-corrected chi connectivity index (χ1v) is 8.46. The third kappa shape index (κ3) is 5.35. The number of nitrogens with zero attached hydrogens (tertiary/aromatic N) is 2. The molecule has 1 heterocycles. The van der Waals surface area contributed by atoms with Crippen LogP contribution in [0.3, 0.4) is 0 Å². The minimum absolute atomic E-state index is 0.292. The van der Waals surface area contributed by atoms with Gasteiger partial charge in [0.15, 0.2) is 0 Å². The predicted molar refractivity (Wildman–Crippen MR) is 99.1 cm³/mol. The van der Waals surface area contributed by atoms with Gasteiger partial charge in [0.05, 0.1) is 10.0 Å². The van der Waals surface area contributed by atoms with Crippen molar-refractivity contribution in [3.63, 3.8) is 0 Å². The average Bonchev–Trinajstić information content (AvgIpc) is 2.50. The lowest BCUT2D eigenvalue weighted by Gasteiger charge is -2.10. The summed E-state index contributed by atoms with van der Waals surface area (Å²) in [5.41, 5.74) is 0.848. The Balaban J connectivity index is 2.10. The Hall–Kier alpha value is -1.85. The summed E-state index contributed by atoms with van der Waals surface area (Å²) in [4.78, 5) is 20.9. The quantitative estimate of drug-likeness (QED) is 0.770. The Bertz CT molecular complexity index is 735. The molecule has 0 fully saturated rings. The van der Waals surface area contributed by atoms with Gasteiger partial charge in [-0.15, -0.1) is 0 Å².